The first-order valence-electron chi connectivity index (χ1n) is 17.2. The Morgan fingerprint density at radius 1 is 0.733 bits per heavy atom. The highest BCUT2D eigenvalue weighted by Crippen LogP contribution is 2.48. The molecule has 0 spiro atoms. The van der Waals surface area contributed by atoms with E-state index in [2.05, 4.69) is 70.2 Å². The van der Waals surface area contributed by atoms with Crippen molar-refractivity contribution in [2.45, 2.75) is 105 Å². The molecule has 7 heteroatoms. The maximum Gasteiger partial charge on any atom is 0.263 e. The molecule has 2 aliphatic heterocycles. The van der Waals surface area contributed by atoms with Crippen LogP contribution in [-0.2, 0) is 0 Å². The van der Waals surface area contributed by atoms with Gasteiger partial charge in [0.15, 0.2) is 8.07 Å². The Bertz CT molecular complexity index is 1680. The molecule has 0 aliphatic carbocycles. The van der Waals surface area contributed by atoms with Gasteiger partial charge in [0.2, 0.25) is 0 Å². The first-order valence-corrected chi connectivity index (χ1v) is 21.8. The van der Waals surface area contributed by atoms with Gasteiger partial charge >= 0.3 is 0 Å². The predicted octanol–water partition coefficient (Wildman–Crippen LogP) is 9.78. The minimum Gasteiger partial charge on any atom is -0.274 e. The molecule has 238 valence electrons. The van der Waals surface area contributed by atoms with Gasteiger partial charge in [-0.05, 0) is 59.9 Å². The van der Waals surface area contributed by atoms with E-state index in [1.54, 1.807) is 21.4 Å². The highest BCUT2D eigenvalue weighted by Gasteiger charge is 2.50. The van der Waals surface area contributed by atoms with Crippen molar-refractivity contribution in [1.82, 2.24) is 4.90 Å². The molecule has 2 amide bonds. The summed E-state index contributed by atoms with van der Waals surface area (Å²) in [5.41, 5.74) is 1.32. The van der Waals surface area contributed by atoms with E-state index in [-0.39, 0.29) is 11.8 Å². The number of thiophene rings is 3. The molecule has 3 nitrogen and oxygen atoms in total. The molecule has 0 bridgehead atoms. The fourth-order valence-electron chi connectivity index (χ4n) is 7.63. The van der Waals surface area contributed by atoms with Crippen molar-refractivity contribution in [3.63, 3.8) is 0 Å². The number of fused-ring (bicyclic) bond motifs is 4. The number of amides is 2. The molecule has 0 radical (unpaired) electrons. The third kappa shape index (κ3) is 5.77. The number of imide groups is 1. The normalized spacial score (nSPS) is 17.7. The number of nitrogens with zero attached hydrogens (tertiary/aromatic N) is 1. The highest BCUT2D eigenvalue weighted by atomic mass is 32.1. The van der Waals surface area contributed by atoms with Gasteiger partial charge in [-0.1, -0.05) is 109 Å². The molecule has 6 rings (SSSR count). The van der Waals surface area contributed by atoms with Crippen LogP contribution in [0.25, 0.3) is 19.5 Å². The van der Waals surface area contributed by atoms with Crippen LogP contribution in [-0.4, -0.2) is 31.3 Å². The maximum absolute atomic E-state index is 14.0. The number of hydrogen-bond donors (Lipinski definition) is 0. The molecule has 2 atom stereocenters. The van der Waals surface area contributed by atoms with Gasteiger partial charge in [0.05, 0.1) is 16.0 Å². The van der Waals surface area contributed by atoms with Crippen LogP contribution in [0.1, 0.15) is 115 Å². The van der Waals surface area contributed by atoms with E-state index in [4.69, 9.17) is 0 Å². The van der Waals surface area contributed by atoms with Crippen LogP contribution in [0.5, 0.6) is 0 Å². The highest BCUT2D eigenvalue weighted by molar-refractivity contribution is 7.33. The third-order valence-electron chi connectivity index (χ3n) is 10.1. The second kappa shape index (κ2) is 13.8. The lowest BCUT2D eigenvalue weighted by Crippen LogP contribution is -2.64. The fourth-order valence-corrected chi connectivity index (χ4v) is 17.9. The zero-order valence-corrected chi connectivity index (χ0v) is 31.0. The van der Waals surface area contributed by atoms with E-state index in [1.807, 2.05) is 29.6 Å². The van der Waals surface area contributed by atoms with E-state index in [1.165, 1.54) is 74.5 Å². The van der Waals surface area contributed by atoms with E-state index >= 15 is 0 Å². The van der Waals surface area contributed by atoms with Crippen molar-refractivity contribution in [2.24, 2.45) is 5.92 Å². The largest absolute Gasteiger partial charge is 0.274 e. The van der Waals surface area contributed by atoms with Crippen LogP contribution in [0.4, 0.5) is 0 Å². The molecule has 0 saturated heterocycles. The summed E-state index contributed by atoms with van der Waals surface area (Å²) in [7, 11) is -2.25. The van der Waals surface area contributed by atoms with Crippen LogP contribution in [0.15, 0.2) is 42.5 Å². The van der Waals surface area contributed by atoms with Crippen molar-refractivity contribution in [2.75, 3.05) is 6.54 Å². The maximum atomic E-state index is 14.0. The van der Waals surface area contributed by atoms with E-state index in [9.17, 15) is 9.59 Å². The van der Waals surface area contributed by atoms with Crippen LogP contribution in [0, 0.1) is 19.8 Å². The number of carbonyl (C=O) groups excluding carboxylic acids is 2. The van der Waals surface area contributed by atoms with Crippen molar-refractivity contribution in [1.29, 1.82) is 0 Å². The van der Waals surface area contributed by atoms with Crippen LogP contribution < -0.4 is 15.6 Å². The minimum atomic E-state index is -2.25. The summed E-state index contributed by atoms with van der Waals surface area (Å²) in [5, 5.41) is 4.63. The first-order chi connectivity index (χ1) is 21.8. The Balaban J connectivity index is 1.41. The number of rotatable bonds is 15. The molecule has 2 aliphatic rings. The van der Waals surface area contributed by atoms with Crippen LogP contribution in [0.3, 0.4) is 0 Å². The molecule has 3 aromatic heterocycles. The fraction of sp³-hybridized carbons (Fsp3) is 0.474. The number of unbranched alkanes of at least 4 members (excludes halogenated alkanes) is 6. The van der Waals surface area contributed by atoms with E-state index in [0.29, 0.717) is 23.6 Å². The lowest BCUT2D eigenvalue weighted by molar-refractivity contribution is 0.0624. The Labute approximate surface area is 282 Å². The standard InChI is InChI=1S/C38H47NO2S3Si/c1-6-9-11-12-13-17-21-45(28-19-15-14-16-20-28)30-22-25(4)42-35(30)36-31(45)23-29(44-36)34-33-32(26(5)43-34)37(40)39(38(33)41)24-27(8-3)18-10-7-2/h14-16,19-20,22-23,27H,6-13,17-18,21,24H2,1-5H3. The molecule has 0 N–H and O–H groups in total. The summed E-state index contributed by atoms with van der Waals surface area (Å²) in [6.45, 7) is 11.5. The smallest absolute Gasteiger partial charge is 0.263 e. The SMILES string of the molecule is CCCCCCCC[Si]1(c2ccccc2)c2cc(C)sc2-c2sc(-c3sc(C)c4c3C(=O)N(CC(CC)CCCC)C4=O)cc21. The average Bonchev–Trinajstić information content (AvgIpc) is 3.82. The molecule has 2 unspecified atom stereocenters. The summed E-state index contributed by atoms with van der Waals surface area (Å²) in [6, 6.07) is 17.5. The van der Waals surface area contributed by atoms with Crippen LogP contribution >= 0.6 is 34.0 Å². The van der Waals surface area contributed by atoms with Gasteiger partial charge in [0.1, 0.15) is 0 Å². The average molecular weight is 674 g/mol. The molecular formula is C38H47NO2S3Si. The summed E-state index contributed by atoms with van der Waals surface area (Å²) < 4.78 is 0. The van der Waals surface area contributed by atoms with Crippen LogP contribution in [0.2, 0.25) is 6.04 Å². The topological polar surface area (TPSA) is 37.4 Å². The van der Waals surface area contributed by atoms with Gasteiger partial charge in [0.25, 0.3) is 11.8 Å². The second-order valence-electron chi connectivity index (χ2n) is 13.1. The van der Waals surface area contributed by atoms with Gasteiger partial charge in [-0.3, -0.25) is 14.5 Å². The monoisotopic (exact) mass is 673 g/mol. The first kappa shape index (κ1) is 32.6. The molecular weight excluding hydrogens is 627 g/mol. The number of aryl methyl sites for hydroxylation is 2. The van der Waals surface area contributed by atoms with Crippen molar-refractivity contribution in [3.05, 3.63) is 63.3 Å². The molecule has 0 saturated carbocycles. The quantitative estimate of drug-likeness (QED) is 0.0716. The van der Waals surface area contributed by atoms with E-state index < -0.39 is 8.07 Å². The number of carbonyl (C=O) groups is 2. The van der Waals surface area contributed by atoms with Gasteiger partial charge in [0, 0.05) is 30.9 Å². The van der Waals surface area contributed by atoms with Crippen molar-refractivity contribution < 1.29 is 9.59 Å². The predicted molar refractivity (Wildman–Crippen MR) is 198 cm³/mol. The molecule has 0 fully saturated rings. The third-order valence-corrected chi connectivity index (χ3v) is 19.1. The number of benzene rings is 1. The Kier molecular flexibility index (Phi) is 10.0. The second-order valence-corrected chi connectivity index (χ2v) is 20.6. The Morgan fingerprint density at radius 3 is 2.13 bits per heavy atom. The summed E-state index contributed by atoms with van der Waals surface area (Å²) in [6.07, 6.45) is 12.1. The Morgan fingerprint density at radius 2 is 1.40 bits per heavy atom. The van der Waals surface area contributed by atoms with Crippen molar-refractivity contribution >= 4 is 69.5 Å². The molecule has 1 aromatic carbocycles. The number of hydrogen-bond acceptors (Lipinski definition) is 5. The Hall–Kier alpha value is -2.32. The summed E-state index contributed by atoms with van der Waals surface area (Å²) >= 11 is 5.45. The zero-order chi connectivity index (χ0) is 31.7. The molecule has 45 heavy (non-hydrogen) atoms. The lowest BCUT2D eigenvalue weighted by Gasteiger charge is -2.29. The van der Waals surface area contributed by atoms with Gasteiger partial charge < -0.3 is 0 Å². The summed E-state index contributed by atoms with van der Waals surface area (Å²) in [5.74, 6) is 0.199. The molecule has 4 aromatic rings. The zero-order valence-electron chi connectivity index (χ0n) is 27.6. The van der Waals surface area contributed by atoms with Gasteiger partial charge in [-0.15, -0.1) is 34.0 Å². The lowest BCUT2D eigenvalue weighted by atomic mass is 9.99. The molecule has 5 heterocycles. The van der Waals surface area contributed by atoms with Gasteiger partial charge in [-0.25, -0.2) is 0 Å². The van der Waals surface area contributed by atoms with Crippen molar-refractivity contribution in [3.8, 4) is 19.5 Å². The minimum absolute atomic E-state index is 0.0795. The van der Waals surface area contributed by atoms with Gasteiger partial charge in [-0.2, -0.15) is 0 Å². The van der Waals surface area contributed by atoms with E-state index in [0.717, 1.165) is 35.4 Å². The summed E-state index contributed by atoms with van der Waals surface area (Å²) in [4.78, 5) is 36.7.